The fourth-order valence-corrected chi connectivity index (χ4v) is 9.36. The van der Waals surface area contributed by atoms with E-state index >= 15 is 0 Å². The minimum Gasteiger partial charge on any atom is -0.466 e. The zero-order chi connectivity index (χ0) is 23.1. The molecule has 0 aromatic rings. The smallest absolute Gasteiger partial charge is 0.302 e. The second-order valence-corrected chi connectivity index (χ2v) is 12.4. The molecule has 32 heavy (non-hydrogen) atoms. The van der Waals surface area contributed by atoms with Crippen LogP contribution in [0.25, 0.3) is 0 Å². The first-order valence-corrected chi connectivity index (χ1v) is 13.5. The molecule has 4 heteroatoms. The highest BCUT2D eigenvalue weighted by Crippen LogP contribution is 2.68. The van der Waals surface area contributed by atoms with E-state index < -0.39 is 0 Å². The average molecular weight is 447 g/mol. The van der Waals surface area contributed by atoms with Crippen LogP contribution in [0.5, 0.6) is 0 Å². The monoisotopic (exact) mass is 446 g/mol. The molecule has 0 aliphatic heterocycles. The van der Waals surface area contributed by atoms with Crippen LogP contribution in [0.4, 0.5) is 0 Å². The maximum atomic E-state index is 11.5. The number of hydrogen-bond acceptors (Lipinski definition) is 4. The van der Waals surface area contributed by atoms with Gasteiger partial charge in [0.05, 0.1) is 6.61 Å². The predicted octanol–water partition coefficient (Wildman–Crippen LogP) is 6.56. The van der Waals surface area contributed by atoms with Crippen LogP contribution >= 0.6 is 0 Å². The Morgan fingerprint density at radius 1 is 0.906 bits per heavy atom. The Kier molecular flexibility index (Phi) is 6.99. The number of rotatable bonds is 6. The predicted molar refractivity (Wildman–Crippen MR) is 126 cm³/mol. The summed E-state index contributed by atoms with van der Waals surface area (Å²) in [5.74, 6) is 4.61. The summed E-state index contributed by atoms with van der Waals surface area (Å²) in [5, 5.41) is 0. The number of hydrogen-bond donors (Lipinski definition) is 0. The summed E-state index contributed by atoms with van der Waals surface area (Å²) < 4.78 is 10.8. The summed E-state index contributed by atoms with van der Waals surface area (Å²) in [6.07, 6.45) is 14.0. The van der Waals surface area contributed by atoms with Gasteiger partial charge in [-0.05, 0) is 117 Å². The zero-order valence-corrected chi connectivity index (χ0v) is 21.2. The van der Waals surface area contributed by atoms with Gasteiger partial charge in [0, 0.05) is 13.8 Å². The van der Waals surface area contributed by atoms with Crippen LogP contribution in [0.2, 0.25) is 0 Å². The molecule has 4 rings (SSSR count). The summed E-state index contributed by atoms with van der Waals surface area (Å²) in [7, 11) is 0. The van der Waals surface area contributed by atoms with Crippen LogP contribution in [-0.2, 0) is 19.1 Å². The summed E-state index contributed by atoms with van der Waals surface area (Å²) >= 11 is 0. The van der Waals surface area contributed by atoms with Crippen LogP contribution in [0, 0.1) is 46.3 Å². The Bertz CT molecular complexity index is 704. The van der Waals surface area contributed by atoms with Gasteiger partial charge in [-0.1, -0.05) is 20.8 Å². The van der Waals surface area contributed by atoms with Crippen molar-refractivity contribution in [1.82, 2.24) is 0 Å². The molecule has 0 heterocycles. The highest BCUT2D eigenvalue weighted by Gasteiger charge is 2.60. The molecular formula is C28H46O4. The molecule has 0 bridgehead atoms. The fraction of sp³-hybridized carbons (Fsp3) is 0.929. The lowest BCUT2D eigenvalue weighted by atomic mass is 9.44. The normalized spacial score (nSPS) is 44.0. The van der Waals surface area contributed by atoms with E-state index in [9.17, 15) is 9.59 Å². The van der Waals surface area contributed by atoms with Gasteiger partial charge in [-0.25, -0.2) is 0 Å². The van der Waals surface area contributed by atoms with E-state index in [0.717, 1.165) is 48.9 Å². The van der Waals surface area contributed by atoms with Crippen molar-refractivity contribution in [3.8, 4) is 0 Å². The van der Waals surface area contributed by atoms with E-state index in [-0.39, 0.29) is 18.0 Å². The average Bonchev–Trinajstić information content (AvgIpc) is 3.08. The van der Waals surface area contributed by atoms with Crippen molar-refractivity contribution in [2.75, 3.05) is 6.61 Å². The Hall–Kier alpha value is -1.06. The highest BCUT2D eigenvalue weighted by atomic mass is 16.5. The van der Waals surface area contributed by atoms with Gasteiger partial charge >= 0.3 is 11.9 Å². The lowest BCUT2D eigenvalue weighted by Gasteiger charge is -2.61. The molecule has 4 fully saturated rings. The van der Waals surface area contributed by atoms with Gasteiger partial charge in [0.25, 0.3) is 0 Å². The molecular weight excluding hydrogens is 400 g/mol. The summed E-state index contributed by atoms with van der Waals surface area (Å²) in [6.45, 7) is 11.3. The molecule has 4 aliphatic carbocycles. The third kappa shape index (κ3) is 4.37. The van der Waals surface area contributed by atoms with E-state index in [1.807, 2.05) is 0 Å². The first-order chi connectivity index (χ1) is 15.1. The lowest BCUT2D eigenvalue weighted by molar-refractivity contribution is -0.160. The van der Waals surface area contributed by atoms with Crippen LogP contribution in [0.15, 0.2) is 0 Å². The summed E-state index contributed by atoms with van der Waals surface area (Å²) in [4.78, 5) is 22.6. The van der Waals surface area contributed by atoms with E-state index in [1.165, 1.54) is 58.3 Å². The minimum absolute atomic E-state index is 0.111. The molecule has 0 N–H and O–H groups in total. The molecule has 0 radical (unpaired) electrons. The Balaban J connectivity index is 1.40. The van der Waals surface area contributed by atoms with Crippen molar-refractivity contribution in [3.63, 3.8) is 0 Å². The highest BCUT2D eigenvalue weighted by molar-refractivity contribution is 5.66. The van der Waals surface area contributed by atoms with Gasteiger partial charge in [0.15, 0.2) is 0 Å². The first-order valence-electron chi connectivity index (χ1n) is 13.5. The molecule has 4 aliphatic rings. The lowest BCUT2D eigenvalue weighted by Crippen LogP contribution is -2.54. The standard InChI is InChI=1S/C28H46O4/c1-18(7-6-16-31-19(2)29)24-10-11-25-23-9-8-21-17-22(32-20(3)30)12-14-27(21,4)26(23)13-15-28(24,25)5/h18,21-26H,6-17H2,1-5H3/t18-,21?,22-,23+,24-,25+,26+,27+,28-/m1/s1. The van der Waals surface area contributed by atoms with E-state index in [2.05, 4.69) is 20.8 Å². The van der Waals surface area contributed by atoms with Gasteiger partial charge in [0.1, 0.15) is 6.10 Å². The second-order valence-electron chi connectivity index (χ2n) is 12.4. The molecule has 0 aromatic heterocycles. The molecule has 0 spiro atoms. The van der Waals surface area contributed by atoms with Crippen LogP contribution in [0.3, 0.4) is 0 Å². The second kappa shape index (κ2) is 9.29. The van der Waals surface area contributed by atoms with Gasteiger partial charge < -0.3 is 9.47 Å². The molecule has 0 aromatic carbocycles. The van der Waals surface area contributed by atoms with Crippen LogP contribution < -0.4 is 0 Å². The number of esters is 2. The van der Waals surface area contributed by atoms with Gasteiger partial charge in [0.2, 0.25) is 0 Å². The van der Waals surface area contributed by atoms with Crippen molar-refractivity contribution < 1.29 is 19.1 Å². The fourth-order valence-electron chi connectivity index (χ4n) is 9.36. The molecule has 182 valence electrons. The zero-order valence-electron chi connectivity index (χ0n) is 21.2. The summed E-state index contributed by atoms with van der Waals surface area (Å²) in [6, 6.07) is 0. The van der Waals surface area contributed by atoms with Crippen molar-refractivity contribution in [2.24, 2.45) is 46.3 Å². The third-order valence-corrected chi connectivity index (χ3v) is 10.8. The number of carbonyl (C=O) groups excluding carboxylic acids is 2. The Morgan fingerprint density at radius 2 is 1.62 bits per heavy atom. The largest absolute Gasteiger partial charge is 0.466 e. The quantitative estimate of drug-likeness (QED) is 0.343. The molecule has 1 unspecified atom stereocenters. The molecule has 4 nitrogen and oxygen atoms in total. The molecule has 0 amide bonds. The number of carbonyl (C=O) groups is 2. The van der Waals surface area contributed by atoms with Crippen LogP contribution in [-0.4, -0.2) is 24.6 Å². The maximum absolute atomic E-state index is 11.5. The van der Waals surface area contributed by atoms with Crippen LogP contribution in [0.1, 0.15) is 105 Å². The van der Waals surface area contributed by atoms with Gasteiger partial charge in [-0.2, -0.15) is 0 Å². The Morgan fingerprint density at radius 3 is 2.34 bits per heavy atom. The maximum Gasteiger partial charge on any atom is 0.302 e. The van der Waals surface area contributed by atoms with Crippen molar-refractivity contribution in [3.05, 3.63) is 0 Å². The Labute approximate surface area is 195 Å². The first kappa shape index (κ1) is 24.1. The minimum atomic E-state index is -0.158. The number of ether oxygens (including phenoxy) is 2. The van der Waals surface area contributed by atoms with E-state index in [0.29, 0.717) is 23.4 Å². The van der Waals surface area contributed by atoms with Crippen molar-refractivity contribution in [2.45, 2.75) is 111 Å². The van der Waals surface area contributed by atoms with Gasteiger partial charge in [-0.15, -0.1) is 0 Å². The molecule has 0 saturated heterocycles. The van der Waals surface area contributed by atoms with Crippen molar-refractivity contribution >= 4 is 11.9 Å². The van der Waals surface area contributed by atoms with E-state index in [1.54, 1.807) is 6.92 Å². The van der Waals surface area contributed by atoms with Gasteiger partial charge in [-0.3, -0.25) is 9.59 Å². The number of fused-ring (bicyclic) bond motifs is 5. The van der Waals surface area contributed by atoms with E-state index in [4.69, 9.17) is 9.47 Å². The SMILES string of the molecule is CC(=O)OCCC[C@@H](C)[C@H]1CC[C@H]2[C@@H]3CCC4C[C@H](OC(C)=O)CC[C@]4(C)[C@H]3CC[C@]12C. The third-order valence-electron chi connectivity index (χ3n) is 10.8. The van der Waals surface area contributed by atoms with Crippen molar-refractivity contribution in [1.29, 1.82) is 0 Å². The molecule has 4 saturated carbocycles. The summed E-state index contributed by atoms with van der Waals surface area (Å²) in [5.41, 5.74) is 0.925. The molecule has 9 atom stereocenters. The topological polar surface area (TPSA) is 52.6 Å².